The Morgan fingerprint density at radius 1 is 1.21 bits per heavy atom. The summed E-state index contributed by atoms with van der Waals surface area (Å²) in [6.07, 6.45) is 2.93. The van der Waals surface area contributed by atoms with Crippen molar-refractivity contribution in [1.82, 2.24) is 9.97 Å². The van der Waals surface area contributed by atoms with Crippen LogP contribution in [0.1, 0.15) is 18.2 Å². The van der Waals surface area contributed by atoms with Crippen molar-refractivity contribution < 1.29 is 9.50 Å². The normalized spacial score (nSPS) is 14.5. The summed E-state index contributed by atoms with van der Waals surface area (Å²) in [5, 5.41) is 11.7. The van der Waals surface area contributed by atoms with E-state index < -0.39 is 11.4 Å². The molecular weight excluding hydrogens is 243 g/mol. The van der Waals surface area contributed by atoms with E-state index in [1.54, 1.807) is 6.92 Å². The van der Waals surface area contributed by atoms with E-state index in [0.29, 0.717) is 5.69 Å². The molecule has 0 bridgehead atoms. The lowest BCUT2D eigenvalue weighted by molar-refractivity contribution is 0.0988. The van der Waals surface area contributed by atoms with Crippen LogP contribution in [0.4, 0.5) is 4.39 Å². The van der Waals surface area contributed by atoms with E-state index in [1.165, 1.54) is 12.1 Å². The van der Waals surface area contributed by atoms with E-state index >= 15 is 0 Å². The van der Waals surface area contributed by atoms with E-state index in [9.17, 15) is 9.50 Å². The van der Waals surface area contributed by atoms with E-state index in [0.717, 1.165) is 22.7 Å². The van der Waals surface area contributed by atoms with Gasteiger partial charge in [0.25, 0.3) is 0 Å². The summed E-state index contributed by atoms with van der Waals surface area (Å²) < 4.78 is 12.9. The zero-order valence-corrected chi connectivity index (χ0v) is 10.4. The molecule has 1 aromatic carbocycles. The number of rotatable bonds is 2. The van der Waals surface area contributed by atoms with Gasteiger partial charge in [-0.15, -0.1) is 0 Å². The first-order valence-electron chi connectivity index (χ1n) is 6.00. The Morgan fingerprint density at radius 2 is 2.05 bits per heavy atom. The average molecular weight is 256 g/mol. The lowest BCUT2D eigenvalue weighted by Crippen LogP contribution is -2.24. The molecule has 0 aliphatic rings. The minimum absolute atomic E-state index is 0.417. The van der Waals surface area contributed by atoms with Crippen LogP contribution in [-0.2, 0) is 5.60 Å². The number of aromatic amines is 1. The monoisotopic (exact) mass is 256 g/mol. The van der Waals surface area contributed by atoms with Crippen LogP contribution < -0.4 is 0 Å². The van der Waals surface area contributed by atoms with E-state index in [2.05, 4.69) is 9.97 Å². The first-order valence-corrected chi connectivity index (χ1v) is 6.00. The SMILES string of the molecule is CC(O)(c1ccc(F)cn1)c1cccc2[nH]ccc12. The number of hydrogen-bond acceptors (Lipinski definition) is 2. The summed E-state index contributed by atoms with van der Waals surface area (Å²) >= 11 is 0. The van der Waals surface area contributed by atoms with Crippen LogP contribution in [-0.4, -0.2) is 15.1 Å². The Balaban J connectivity index is 2.18. The van der Waals surface area contributed by atoms with Gasteiger partial charge < -0.3 is 10.1 Å². The number of H-pyrrole nitrogens is 1. The van der Waals surface area contributed by atoms with E-state index in [1.807, 2.05) is 30.5 Å². The van der Waals surface area contributed by atoms with Crippen LogP contribution in [0.15, 0.2) is 48.8 Å². The molecule has 0 aliphatic carbocycles. The molecule has 3 aromatic rings. The molecule has 0 aliphatic heterocycles. The fraction of sp³-hybridized carbons (Fsp3) is 0.133. The van der Waals surface area contributed by atoms with Crippen LogP contribution in [0, 0.1) is 5.82 Å². The van der Waals surface area contributed by atoms with Gasteiger partial charge in [-0.25, -0.2) is 4.39 Å². The third kappa shape index (κ3) is 1.90. The number of fused-ring (bicyclic) bond motifs is 1. The molecule has 96 valence electrons. The summed E-state index contributed by atoms with van der Waals surface area (Å²) in [6.45, 7) is 1.66. The van der Waals surface area contributed by atoms with Gasteiger partial charge in [0, 0.05) is 17.1 Å². The topological polar surface area (TPSA) is 48.9 Å². The fourth-order valence-corrected chi connectivity index (χ4v) is 2.31. The fourth-order valence-electron chi connectivity index (χ4n) is 2.31. The molecule has 2 aromatic heterocycles. The van der Waals surface area contributed by atoms with Crippen molar-refractivity contribution in [3.63, 3.8) is 0 Å². The Bertz CT molecular complexity index is 716. The van der Waals surface area contributed by atoms with Crippen LogP contribution in [0.3, 0.4) is 0 Å². The molecule has 4 heteroatoms. The second kappa shape index (κ2) is 4.17. The van der Waals surface area contributed by atoms with Crippen LogP contribution in [0.25, 0.3) is 10.9 Å². The second-order valence-electron chi connectivity index (χ2n) is 4.68. The quantitative estimate of drug-likeness (QED) is 0.740. The Labute approximate surface area is 109 Å². The molecule has 1 unspecified atom stereocenters. The first kappa shape index (κ1) is 11.9. The number of hydrogen-bond donors (Lipinski definition) is 2. The molecule has 0 saturated carbocycles. The largest absolute Gasteiger partial charge is 0.379 e. The van der Waals surface area contributed by atoms with Gasteiger partial charge in [0.2, 0.25) is 0 Å². The lowest BCUT2D eigenvalue weighted by Gasteiger charge is -2.24. The Hall–Kier alpha value is -2.20. The summed E-state index contributed by atoms with van der Waals surface area (Å²) in [5.74, 6) is -0.417. The highest BCUT2D eigenvalue weighted by atomic mass is 19.1. The number of aromatic nitrogens is 2. The number of nitrogens with one attached hydrogen (secondary N) is 1. The number of benzene rings is 1. The van der Waals surface area contributed by atoms with Crippen molar-refractivity contribution in [2.45, 2.75) is 12.5 Å². The number of halogens is 1. The number of nitrogens with zero attached hydrogens (tertiary/aromatic N) is 1. The zero-order valence-electron chi connectivity index (χ0n) is 10.4. The molecule has 0 spiro atoms. The second-order valence-corrected chi connectivity index (χ2v) is 4.68. The molecule has 0 radical (unpaired) electrons. The highest BCUT2D eigenvalue weighted by Gasteiger charge is 2.29. The highest BCUT2D eigenvalue weighted by Crippen LogP contribution is 2.32. The van der Waals surface area contributed by atoms with Crippen molar-refractivity contribution in [1.29, 1.82) is 0 Å². The van der Waals surface area contributed by atoms with Crippen molar-refractivity contribution in [3.8, 4) is 0 Å². The maximum atomic E-state index is 12.9. The predicted octanol–water partition coefficient (Wildman–Crippen LogP) is 2.96. The molecule has 0 amide bonds. The smallest absolute Gasteiger partial charge is 0.141 e. The molecular formula is C15H13FN2O. The summed E-state index contributed by atoms with van der Waals surface area (Å²) in [7, 11) is 0. The maximum Gasteiger partial charge on any atom is 0.141 e. The molecule has 3 nitrogen and oxygen atoms in total. The van der Waals surface area contributed by atoms with Gasteiger partial charge >= 0.3 is 0 Å². The highest BCUT2D eigenvalue weighted by molar-refractivity contribution is 5.84. The maximum absolute atomic E-state index is 12.9. The summed E-state index contributed by atoms with van der Waals surface area (Å²) in [5.41, 5.74) is 0.836. The van der Waals surface area contributed by atoms with Gasteiger partial charge in [0.1, 0.15) is 11.4 Å². The van der Waals surface area contributed by atoms with Crippen LogP contribution in [0.5, 0.6) is 0 Å². The molecule has 3 rings (SSSR count). The predicted molar refractivity (Wildman–Crippen MR) is 71.2 cm³/mol. The Kier molecular flexibility index (Phi) is 2.61. The molecule has 0 fully saturated rings. The van der Waals surface area contributed by atoms with Gasteiger partial charge in [0.15, 0.2) is 0 Å². The summed E-state index contributed by atoms with van der Waals surface area (Å²) in [6, 6.07) is 10.4. The van der Waals surface area contributed by atoms with E-state index in [-0.39, 0.29) is 0 Å². The average Bonchev–Trinajstić information content (AvgIpc) is 2.87. The van der Waals surface area contributed by atoms with E-state index in [4.69, 9.17) is 0 Å². The minimum atomic E-state index is -1.27. The molecule has 0 saturated heterocycles. The molecule has 1 atom stereocenters. The van der Waals surface area contributed by atoms with Crippen LogP contribution >= 0.6 is 0 Å². The third-order valence-corrected chi connectivity index (χ3v) is 3.35. The minimum Gasteiger partial charge on any atom is -0.379 e. The zero-order chi connectivity index (χ0) is 13.5. The van der Waals surface area contributed by atoms with Gasteiger partial charge in [-0.3, -0.25) is 4.98 Å². The van der Waals surface area contributed by atoms with Gasteiger partial charge in [-0.05, 0) is 36.8 Å². The van der Waals surface area contributed by atoms with Gasteiger partial charge in [-0.2, -0.15) is 0 Å². The molecule has 19 heavy (non-hydrogen) atoms. The Morgan fingerprint density at radius 3 is 2.79 bits per heavy atom. The standard InChI is InChI=1S/C15H13FN2O/c1-15(19,14-6-5-10(16)9-18-14)12-3-2-4-13-11(12)7-8-17-13/h2-9,17,19H,1H3. The molecule has 2 heterocycles. The number of pyridine rings is 1. The van der Waals surface area contributed by atoms with Gasteiger partial charge in [0.05, 0.1) is 11.9 Å². The first-order chi connectivity index (χ1) is 9.09. The third-order valence-electron chi connectivity index (χ3n) is 3.35. The van der Waals surface area contributed by atoms with Gasteiger partial charge in [-0.1, -0.05) is 12.1 Å². The molecule has 2 N–H and O–H groups in total. The van der Waals surface area contributed by atoms with Crippen LogP contribution in [0.2, 0.25) is 0 Å². The van der Waals surface area contributed by atoms with Crippen molar-refractivity contribution >= 4 is 10.9 Å². The van der Waals surface area contributed by atoms with Crippen molar-refractivity contribution in [2.75, 3.05) is 0 Å². The lowest BCUT2D eigenvalue weighted by atomic mass is 9.89. The van der Waals surface area contributed by atoms with Crippen molar-refractivity contribution in [2.24, 2.45) is 0 Å². The van der Waals surface area contributed by atoms with Crippen molar-refractivity contribution in [3.05, 3.63) is 65.9 Å². The number of aliphatic hydroxyl groups is 1. The summed E-state index contributed by atoms with van der Waals surface area (Å²) in [4.78, 5) is 7.08.